The van der Waals surface area contributed by atoms with Gasteiger partial charge in [0.15, 0.2) is 0 Å². The van der Waals surface area contributed by atoms with E-state index in [2.05, 4.69) is 15.6 Å². The number of benzene rings is 2. The molecule has 0 aliphatic carbocycles. The quantitative estimate of drug-likeness (QED) is 0.608. The van der Waals surface area contributed by atoms with Gasteiger partial charge in [0.2, 0.25) is 0 Å². The third kappa shape index (κ3) is 4.53. The van der Waals surface area contributed by atoms with Gasteiger partial charge in [-0.15, -0.1) is 0 Å². The van der Waals surface area contributed by atoms with Crippen LogP contribution in [0.15, 0.2) is 54.7 Å². The number of methoxy groups -OCH3 is 2. The summed E-state index contributed by atoms with van der Waals surface area (Å²) in [5.74, 6) is 1.29. The molecule has 6 nitrogen and oxygen atoms in total. The topological polar surface area (TPSA) is 72.5 Å². The number of hydrogen-bond donors (Lipinski definition) is 2. The lowest BCUT2D eigenvalue weighted by atomic mass is 10.2. The molecule has 0 aliphatic heterocycles. The maximum absolute atomic E-state index is 12.6. The molecule has 0 fully saturated rings. The minimum absolute atomic E-state index is 0.225. The smallest absolute Gasteiger partial charge is 0.255 e. The van der Waals surface area contributed by atoms with Crippen LogP contribution in [-0.4, -0.2) is 25.1 Å². The highest BCUT2D eigenvalue weighted by Gasteiger charge is 2.12. The Bertz CT molecular complexity index is 1010. The molecule has 2 N–H and O–H groups in total. The zero-order valence-electron chi connectivity index (χ0n) is 15.7. The molecule has 0 atom stereocenters. The van der Waals surface area contributed by atoms with Crippen molar-refractivity contribution in [3.8, 4) is 11.5 Å². The van der Waals surface area contributed by atoms with E-state index < -0.39 is 0 Å². The molecule has 1 heterocycles. The summed E-state index contributed by atoms with van der Waals surface area (Å²) >= 11 is 6.14. The van der Waals surface area contributed by atoms with E-state index in [4.69, 9.17) is 21.1 Å². The first-order chi connectivity index (χ1) is 13.5. The Morgan fingerprint density at radius 2 is 1.82 bits per heavy atom. The van der Waals surface area contributed by atoms with Crippen molar-refractivity contribution in [3.05, 3.63) is 70.9 Å². The number of anilines is 3. The molecule has 0 bridgehead atoms. The third-order valence-electron chi connectivity index (χ3n) is 4.03. The van der Waals surface area contributed by atoms with Crippen molar-refractivity contribution in [1.29, 1.82) is 0 Å². The zero-order valence-corrected chi connectivity index (χ0v) is 16.5. The molecule has 0 unspecified atom stereocenters. The first-order valence-electron chi connectivity index (χ1n) is 8.53. The highest BCUT2D eigenvalue weighted by Crippen LogP contribution is 2.37. The number of halogens is 1. The molecular formula is C21H20ClN3O3. The molecule has 2 aromatic carbocycles. The van der Waals surface area contributed by atoms with Gasteiger partial charge in [-0.1, -0.05) is 23.7 Å². The molecule has 0 spiro atoms. The lowest BCUT2D eigenvalue weighted by Crippen LogP contribution is -2.12. The van der Waals surface area contributed by atoms with E-state index in [1.807, 2.05) is 31.2 Å². The Hall–Kier alpha value is -3.25. The Kier molecular flexibility index (Phi) is 6.01. The maximum Gasteiger partial charge on any atom is 0.255 e. The summed E-state index contributed by atoms with van der Waals surface area (Å²) < 4.78 is 10.6. The molecule has 3 aromatic rings. The van der Waals surface area contributed by atoms with Gasteiger partial charge < -0.3 is 20.1 Å². The van der Waals surface area contributed by atoms with Crippen LogP contribution in [0.5, 0.6) is 11.5 Å². The minimum atomic E-state index is -0.225. The van der Waals surface area contributed by atoms with Crippen molar-refractivity contribution in [2.24, 2.45) is 0 Å². The number of amides is 1. The van der Waals surface area contributed by atoms with Gasteiger partial charge in [-0.05, 0) is 36.8 Å². The average molecular weight is 398 g/mol. The lowest BCUT2D eigenvalue weighted by Gasteiger charge is -2.14. The van der Waals surface area contributed by atoms with Crippen LogP contribution in [0.3, 0.4) is 0 Å². The van der Waals surface area contributed by atoms with Crippen LogP contribution in [0.4, 0.5) is 17.2 Å². The normalized spacial score (nSPS) is 10.3. The summed E-state index contributed by atoms with van der Waals surface area (Å²) in [6.45, 7) is 1.97. The highest BCUT2D eigenvalue weighted by atomic mass is 35.5. The fourth-order valence-corrected chi connectivity index (χ4v) is 2.89. The molecule has 7 heteroatoms. The Morgan fingerprint density at radius 1 is 1.04 bits per heavy atom. The first kappa shape index (κ1) is 19.5. The van der Waals surface area contributed by atoms with Gasteiger partial charge >= 0.3 is 0 Å². The van der Waals surface area contributed by atoms with Crippen molar-refractivity contribution in [3.63, 3.8) is 0 Å². The number of aryl methyl sites for hydroxylation is 1. The van der Waals surface area contributed by atoms with Crippen LogP contribution in [0.1, 0.15) is 15.9 Å². The molecule has 0 saturated heterocycles. The molecule has 1 aromatic heterocycles. The van der Waals surface area contributed by atoms with Crippen molar-refractivity contribution < 1.29 is 14.3 Å². The summed E-state index contributed by atoms with van der Waals surface area (Å²) in [7, 11) is 3.08. The number of carbonyl (C=O) groups excluding carboxylic acids is 1. The summed E-state index contributed by atoms with van der Waals surface area (Å²) in [6, 6.07) is 14.3. The number of hydrogen-bond acceptors (Lipinski definition) is 5. The number of pyridine rings is 1. The number of carbonyl (C=O) groups is 1. The fourth-order valence-electron chi connectivity index (χ4n) is 2.66. The molecule has 0 radical (unpaired) electrons. The number of nitrogens with one attached hydrogen (secondary N) is 2. The summed E-state index contributed by atoms with van der Waals surface area (Å²) in [6.07, 6.45) is 1.56. The maximum atomic E-state index is 12.6. The van der Waals surface area contributed by atoms with Gasteiger partial charge in [-0.2, -0.15) is 0 Å². The van der Waals surface area contributed by atoms with Crippen LogP contribution in [0.2, 0.25) is 5.02 Å². The van der Waals surface area contributed by atoms with Crippen molar-refractivity contribution in [1.82, 2.24) is 4.98 Å². The molecule has 0 saturated carbocycles. The fraction of sp³-hybridized carbons (Fsp3) is 0.143. The van der Waals surface area contributed by atoms with E-state index >= 15 is 0 Å². The van der Waals surface area contributed by atoms with Gasteiger partial charge in [0.05, 0.1) is 24.9 Å². The summed E-state index contributed by atoms with van der Waals surface area (Å²) in [5, 5.41) is 6.46. The molecule has 0 aliphatic rings. The monoisotopic (exact) mass is 397 g/mol. The molecule has 1 amide bonds. The number of nitrogens with zero attached hydrogens (tertiary/aromatic N) is 1. The van der Waals surface area contributed by atoms with Gasteiger partial charge in [-0.3, -0.25) is 4.79 Å². The second kappa shape index (κ2) is 8.63. The number of aromatic nitrogens is 1. The van der Waals surface area contributed by atoms with Gasteiger partial charge in [0, 0.05) is 29.6 Å². The van der Waals surface area contributed by atoms with Crippen LogP contribution < -0.4 is 20.1 Å². The molecule has 3 rings (SSSR count). The average Bonchev–Trinajstić information content (AvgIpc) is 2.69. The summed E-state index contributed by atoms with van der Waals surface area (Å²) in [5.41, 5.74) is 2.89. The van der Waals surface area contributed by atoms with Crippen molar-refractivity contribution in [2.75, 3.05) is 24.9 Å². The molecule has 144 valence electrons. The molecular weight excluding hydrogens is 378 g/mol. The molecule has 28 heavy (non-hydrogen) atoms. The third-order valence-corrected chi connectivity index (χ3v) is 4.33. The van der Waals surface area contributed by atoms with E-state index in [1.165, 1.54) is 7.11 Å². The second-order valence-electron chi connectivity index (χ2n) is 6.07. The van der Waals surface area contributed by atoms with Crippen LogP contribution >= 0.6 is 11.6 Å². The standard InChI is InChI=1S/C21H20ClN3O3/c1-13-5-4-6-15(9-13)24-21(26)14-7-8-23-20(10-14)25-17-12-18(27-2)16(22)11-19(17)28-3/h4-12H,1-3H3,(H,23,25)(H,24,26). The Balaban J connectivity index is 1.83. The highest BCUT2D eigenvalue weighted by molar-refractivity contribution is 6.32. The van der Waals surface area contributed by atoms with E-state index in [0.717, 1.165) is 11.3 Å². The minimum Gasteiger partial charge on any atom is -0.495 e. The van der Waals surface area contributed by atoms with Crippen LogP contribution in [0.25, 0.3) is 0 Å². The predicted molar refractivity (Wildman–Crippen MR) is 111 cm³/mol. The van der Waals surface area contributed by atoms with Gasteiger partial charge in [-0.25, -0.2) is 4.98 Å². The SMILES string of the molecule is COc1cc(Nc2cc(C(=O)Nc3cccc(C)c3)ccn2)c(OC)cc1Cl. The van der Waals surface area contributed by atoms with E-state index in [0.29, 0.717) is 33.6 Å². The van der Waals surface area contributed by atoms with Crippen molar-refractivity contribution >= 4 is 34.7 Å². The first-order valence-corrected chi connectivity index (χ1v) is 8.90. The van der Waals surface area contributed by atoms with Crippen molar-refractivity contribution in [2.45, 2.75) is 6.92 Å². The predicted octanol–water partition coefficient (Wildman–Crippen LogP) is 5.06. The van der Waals surface area contributed by atoms with E-state index in [-0.39, 0.29) is 5.91 Å². The van der Waals surface area contributed by atoms with Gasteiger partial charge in [0.1, 0.15) is 17.3 Å². The Morgan fingerprint density at radius 3 is 2.54 bits per heavy atom. The second-order valence-corrected chi connectivity index (χ2v) is 6.47. The number of ether oxygens (including phenoxy) is 2. The van der Waals surface area contributed by atoms with E-state index in [9.17, 15) is 4.79 Å². The van der Waals surface area contributed by atoms with Crippen LogP contribution in [0, 0.1) is 6.92 Å². The summed E-state index contributed by atoms with van der Waals surface area (Å²) in [4.78, 5) is 16.8. The van der Waals surface area contributed by atoms with Gasteiger partial charge in [0.25, 0.3) is 5.91 Å². The Labute approximate surface area is 168 Å². The lowest BCUT2D eigenvalue weighted by molar-refractivity contribution is 0.102. The number of rotatable bonds is 6. The largest absolute Gasteiger partial charge is 0.495 e. The van der Waals surface area contributed by atoms with Crippen LogP contribution in [-0.2, 0) is 0 Å². The van der Waals surface area contributed by atoms with E-state index in [1.54, 1.807) is 37.6 Å². The zero-order chi connectivity index (χ0) is 20.1.